The molecule has 2 amide bonds. The minimum Gasteiger partial charge on any atom is -0.379 e. The third-order valence-corrected chi connectivity index (χ3v) is 5.01. The summed E-state index contributed by atoms with van der Waals surface area (Å²) in [6.45, 7) is 13.1. The van der Waals surface area contributed by atoms with E-state index in [1.54, 1.807) is 10.9 Å². The van der Waals surface area contributed by atoms with Crippen molar-refractivity contribution >= 4 is 18.1 Å². The summed E-state index contributed by atoms with van der Waals surface area (Å²) in [5, 5.41) is 7.90. The summed E-state index contributed by atoms with van der Waals surface area (Å²) in [4.78, 5) is 36.6. The van der Waals surface area contributed by atoms with Crippen LogP contribution in [0.3, 0.4) is 0 Å². The van der Waals surface area contributed by atoms with E-state index in [4.69, 9.17) is 18.9 Å². The molecule has 1 fully saturated rings. The molecule has 1 aromatic heterocycles. The largest absolute Gasteiger partial charge is 0.379 e. The molecule has 3 heterocycles. The van der Waals surface area contributed by atoms with Crippen LogP contribution in [-0.2, 0) is 46.4 Å². The fourth-order valence-corrected chi connectivity index (χ4v) is 3.33. The van der Waals surface area contributed by atoms with Crippen LogP contribution in [0.1, 0.15) is 32.9 Å². The van der Waals surface area contributed by atoms with E-state index in [1.807, 2.05) is 13.8 Å². The molecule has 0 bridgehead atoms. The van der Waals surface area contributed by atoms with Crippen molar-refractivity contribution < 1.29 is 33.3 Å². The zero-order valence-corrected chi connectivity index (χ0v) is 22.7. The average molecular weight is 526 g/mol. The first kappa shape index (κ1) is 32.5. The SMILES string of the molecule is CC.CC1CN(C)C1.O=CCCOCCOCCOCCOCCn1cc(CN2C(=O)C=CC2=O)nn1. The van der Waals surface area contributed by atoms with Crippen molar-refractivity contribution in [1.29, 1.82) is 0 Å². The molecule has 3 rings (SSSR count). The van der Waals surface area contributed by atoms with E-state index in [0.29, 0.717) is 71.5 Å². The Hall–Kier alpha value is -2.51. The summed E-state index contributed by atoms with van der Waals surface area (Å²) in [5.74, 6) is 0.275. The van der Waals surface area contributed by atoms with Crippen molar-refractivity contribution in [2.45, 2.75) is 40.3 Å². The summed E-state index contributed by atoms with van der Waals surface area (Å²) in [6, 6.07) is 0. The molecule has 1 saturated heterocycles. The third kappa shape index (κ3) is 14.7. The molecular formula is C25H43N5O7. The molecular weight excluding hydrogens is 482 g/mol. The standard InChI is InChI=1S/C18H26N4O7.C5H11N.C2H6/c23-5-1-6-26-8-10-28-12-13-29-11-9-27-7-4-21-14-16(19-20-21)15-22-17(24)2-3-18(22)25;1-5-3-6(2)4-5;1-2/h2-3,5,14H,1,4,6-13,15H2;5H,3-4H2,1-2H3;1-2H3. The van der Waals surface area contributed by atoms with Crippen LogP contribution in [0.25, 0.3) is 0 Å². The van der Waals surface area contributed by atoms with E-state index in [0.717, 1.165) is 17.1 Å². The third-order valence-electron chi connectivity index (χ3n) is 5.01. The number of carbonyl (C=O) groups excluding carboxylic acids is 3. The number of nitrogens with zero attached hydrogens (tertiary/aromatic N) is 5. The maximum absolute atomic E-state index is 11.5. The highest BCUT2D eigenvalue weighted by molar-refractivity contribution is 6.12. The summed E-state index contributed by atoms with van der Waals surface area (Å²) in [6.07, 6.45) is 5.38. The number of carbonyl (C=O) groups is 3. The lowest BCUT2D eigenvalue weighted by atomic mass is 10.1. The molecule has 12 nitrogen and oxygen atoms in total. The molecule has 210 valence electrons. The summed E-state index contributed by atoms with van der Waals surface area (Å²) < 4.78 is 22.9. The van der Waals surface area contributed by atoms with E-state index in [1.165, 1.54) is 25.2 Å². The number of aldehydes is 1. The monoisotopic (exact) mass is 525 g/mol. The number of imide groups is 1. The lowest BCUT2D eigenvalue weighted by Gasteiger charge is -2.33. The minimum atomic E-state index is -0.346. The molecule has 1 aromatic rings. The highest BCUT2D eigenvalue weighted by atomic mass is 16.6. The van der Waals surface area contributed by atoms with Gasteiger partial charge in [-0.3, -0.25) is 14.5 Å². The second-order valence-electron chi connectivity index (χ2n) is 8.30. The number of rotatable bonds is 17. The molecule has 0 N–H and O–H groups in total. The van der Waals surface area contributed by atoms with Gasteiger partial charge in [0.25, 0.3) is 11.8 Å². The number of likely N-dealkylation sites (tertiary alicyclic amines) is 1. The molecule has 0 radical (unpaired) electrons. The lowest BCUT2D eigenvalue weighted by molar-refractivity contribution is -0.137. The van der Waals surface area contributed by atoms with Crippen LogP contribution in [0, 0.1) is 5.92 Å². The van der Waals surface area contributed by atoms with Gasteiger partial charge in [0.05, 0.1) is 72.1 Å². The van der Waals surface area contributed by atoms with Gasteiger partial charge >= 0.3 is 0 Å². The van der Waals surface area contributed by atoms with Gasteiger partial charge in [-0.15, -0.1) is 5.10 Å². The Kier molecular flexibility index (Phi) is 18.0. The first-order valence-corrected chi connectivity index (χ1v) is 12.8. The van der Waals surface area contributed by atoms with Crippen LogP contribution >= 0.6 is 0 Å². The van der Waals surface area contributed by atoms with Crippen molar-refractivity contribution in [3.63, 3.8) is 0 Å². The van der Waals surface area contributed by atoms with Gasteiger partial charge in [-0.25, -0.2) is 4.68 Å². The Labute approximate surface area is 219 Å². The van der Waals surface area contributed by atoms with E-state index in [-0.39, 0.29) is 18.4 Å². The Balaban J connectivity index is 0.000000735. The fourth-order valence-electron chi connectivity index (χ4n) is 3.33. The zero-order valence-electron chi connectivity index (χ0n) is 22.7. The Bertz CT molecular complexity index is 772. The molecule has 12 heteroatoms. The number of hydrogen-bond donors (Lipinski definition) is 0. The zero-order chi connectivity index (χ0) is 27.3. The number of aromatic nitrogens is 3. The smallest absolute Gasteiger partial charge is 0.253 e. The van der Waals surface area contributed by atoms with Crippen molar-refractivity contribution in [3.8, 4) is 0 Å². The van der Waals surface area contributed by atoms with E-state index in [2.05, 4.69) is 29.2 Å². The maximum Gasteiger partial charge on any atom is 0.253 e. The van der Waals surface area contributed by atoms with E-state index >= 15 is 0 Å². The first-order valence-electron chi connectivity index (χ1n) is 12.8. The lowest BCUT2D eigenvalue weighted by Crippen LogP contribution is -2.41. The van der Waals surface area contributed by atoms with Gasteiger partial charge in [-0.1, -0.05) is 26.0 Å². The van der Waals surface area contributed by atoms with Gasteiger partial charge in [0.2, 0.25) is 0 Å². The quantitative estimate of drug-likeness (QED) is 0.165. The van der Waals surface area contributed by atoms with Crippen LogP contribution in [-0.4, -0.2) is 116 Å². The van der Waals surface area contributed by atoms with E-state index in [9.17, 15) is 14.4 Å². The van der Waals surface area contributed by atoms with Gasteiger partial charge < -0.3 is 28.6 Å². The second-order valence-corrected chi connectivity index (χ2v) is 8.30. The topological polar surface area (TPSA) is 125 Å². The van der Waals surface area contributed by atoms with Crippen LogP contribution in [0.15, 0.2) is 18.3 Å². The fraction of sp³-hybridized carbons (Fsp3) is 0.720. The van der Waals surface area contributed by atoms with Crippen molar-refractivity contribution in [1.82, 2.24) is 24.8 Å². The second kappa shape index (κ2) is 20.5. The van der Waals surface area contributed by atoms with Gasteiger partial charge in [0.1, 0.15) is 12.0 Å². The van der Waals surface area contributed by atoms with Crippen molar-refractivity contribution in [2.24, 2.45) is 5.92 Å². The normalized spacial score (nSPS) is 15.2. The van der Waals surface area contributed by atoms with Crippen molar-refractivity contribution in [3.05, 3.63) is 24.0 Å². The van der Waals surface area contributed by atoms with Crippen LogP contribution in [0.4, 0.5) is 0 Å². The first-order chi connectivity index (χ1) is 18.0. The molecule has 2 aliphatic rings. The molecule has 0 atom stereocenters. The Morgan fingerprint density at radius 1 is 0.892 bits per heavy atom. The molecule has 2 aliphatic heterocycles. The number of amides is 2. The Morgan fingerprint density at radius 3 is 1.86 bits per heavy atom. The number of hydrogen-bond acceptors (Lipinski definition) is 10. The van der Waals surface area contributed by atoms with Crippen LogP contribution in [0.2, 0.25) is 0 Å². The highest BCUT2D eigenvalue weighted by Crippen LogP contribution is 2.09. The maximum atomic E-state index is 11.5. The Morgan fingerprint density at radius 2 is 1.41 bits per heavy atom. The van der Waals surface area contributed by atoms with Crippen LogP contribution < -0.4 is 0 Å². The summed E-state index contributed by atoms with van der Waals surface area (Å²) in [7, 11) is 2.15. The van der Waals surface area contributed by atoms with Crippen molar-refractivity contribution in [2.75, 3.05) is 73.0 Å². The molecule has 0 aliphatic carbocycles. The molecule has 0 saturated carbocycles. The molecule has 0 spiro atoms. The summed E-state index contributed by atoms with van der Waals surface area (Å²) in [5.41, 5.74) is 0.535. The molecule has 0 unspecified atom stereocenters. The molecule has 0 aromatic carbocycles. The van der Waals surface area contributed by atoms with Crippen LogP contribution in [0.5, 0.6) is 0 Å². The molecule has 37 heavy (non-hydrogen) atoms. The average Bonchev–Trinajstić information content (AvgIpc) is 3.46. The van der Waals surface area contributed by atoms with Gasteiger partial charge in [0.15, 0.2) is 0 Å². The van der Waals surface area contributed by atoms with E-state index < -0.39 is 0 Å². The predicted molar refractivity (Wildman–Crippen MR) is 137 cm³/mol. The van der Waals surface area contributed by atoms with Gasteiger partial charge in [0, 0.05) is 31.7 Å². The number of ether oxygens (including phenoxy) is 4. The predicted octanol–water partition coefficient (Wildman–Crippen LogP) is 0.953. The highest BCUT2D eigenvalue weighted by Gasteiger charge is 2.24. The van der Waals surface area contributed by atoms with Gasteiger partial charge in [-0.05, 0) is 13.0 Å². The van der Waals surface area contributed by atoms with Gasteiger partial charge in [-0.2, -0.15) is 0 Å². The summed E-state index contributed by atoms with van der Waals surface area (Å²) >= 11 is 0. The minimum absolute atomic E-state index is 0.103.